The molecule has 0 aliphatic carbocycles. The van der Waals surface area contributed by atoms with Gasteiger partial charge >= 0.3 is 0 Å². The van der Waals surface area contributed by atoms with Crippen molar-refractivity contribution in [3.05, 3.63) is 34.8 Å². The lowest BCUT2D eigenvalue weighted by molar-refractivity contribution is 1.42. The molecule has 0 aliphatic rings. The van der Waals surface area contributed by atoms with Gasteiger partial charge in [-0.3, -0.25) is 0 Å². The van der Waals surface area contributed by atoms with Crippen LogP contribution < -0.4 is 0 Å². The fourth-order valence-corrected chi connectivity index (χ4v) is 2.49. The lowest BCUT2D eigenvalue weighted by atomic mass is 10.3. The van der Waals surface area contributed by atoms with Crippen molar-refractivity contribution in [2.75, 3.05) is 5.88 Å². The number of fused-ring (bicyclic) bond motifs is 1. The van der Waals surface area contributed by atoms with Crippen LogP contribution in [0.25, 0.3) is 15.8 Å². The molecule has 2 aromatic rings. The van der Waals surface area contributed by atoms with E-state index < -0.39 is 0 Å². The quantitative estimate of drug-likeness (QED) is 0.569. The molecule has 0 N–H and O–H groups in total. The molecule has 72 valence electrons. The second-order valence-corrected chi connectivity index (χ2v) is 4.60. The van der Waals surface area contributed by atoms with E-state index in [4.69, 9.17) is 23.2 Å². The Hall–Kier alpha value is -0.570. The van der Waals surface area contributed by atoms with Crippen molar-refractivity contribution in [1.82, 2.24) is 4.98 Å². The summed E-state index contributed by atoms with van der Waals surface area (Å²) in [5, 5.41) is 0.512. The van der Waals surface area contributed by atoms with Crippen molar-refractivity contribution in [3.63, 3.8) is 0 Å². The number of rotatable bonds is 2. The first-order valence-corrected chi connectivity index (χ1v) is 5.74. The van der Waals surface area contributed by atoms with E-state index in [0.29, 0.717) is 11.0 Å². The van der Waals surface area contributed by atoms with Crippen molar-refractivity contribution in [1.29, 1.82) is 0 Å². The summed E-state index contributed by atoms with van der Waals surface area (Å²) in [4.78, 5) is 5.28. The Morgan fingerprint density at radius 1 is 1.50 bits per heavy atom. The van der Waals surface area contributed by atoms with Gasteiger partial charge in [0.1, 0.15) is 5.15 Å². The fraction of sp³-hybridized carbons (Fsp3) is 0.100. The van der Waals surface area contributed by atoms with Crippen molar-refractivity contribution in [2.45, 2.75) is 0 Å². The zero-order valence-corrected chi connectivity index (χ0v) is 9.59. The highest BCUT2D eigenvalue weighted by Gasteiger charge is 2.05. The monoisotopic (exact) mass is 243 g/mol. The lowest BCUT2D eigenvalue weighted by Gasteiger charge is -1.92. The highest BCUT2D eigenvalue weighted by atomic mass is 35.5. The predicted octanol–water partition coefficient (Wildman–Crippen LogP) is 4.20. The van der Waals surface area contributed by atoms with E-state index in [1.807, 2.05) is 12.1 Å². The summed E-state index contributed by atoms with van der Waals surface area (Å²) in [7, 11) is 0. The first-order valence-electron chi connectivity index (χ1n) is 4.01. The second kappa shape index (κ2) is 3.89. The van der Waals surface area contributed by atoms with Crippen LogP contribution in [0.2, 0.25) is 5.15 Å². The number of aromatic nitrogens is 1. The first kappa shape index (κ1) is 9.97. The molecule has 0 atom stereocenters. The van der Waals surface area contributed by atoms with Gasteiger partial charge in [-0.25, -0.2) is 4.98 Å². The minimum atomic E-state index is 0.445. The Balaban J connectivity index is 2.56. The SMILES string of the molecule is C=C(CCl)c1cc2nc(Cl)ccc2s1. The van der Waals surface area contributed by atoms with Gasteiger partial charge < -0.3 is 0 Å². The minimum Gasteiger partial charge on any atom is -0.235 e. The van der Waals surface area contributed by atoms with Crippen molar-refractivity contribution in [2.24, 2.45) is 0 Å². The topological polar surface area (TPSA) is 12.9 Å². The van der Waals surface area contributed by atoms with Crippen LogP contribution in [0.4, 0.5) is 0 Å². The molecule has 1 nitrogen and oxygen atoms in total. The van der Waals surface area contributed by atoms with Crippen LogP contribution in [0, 0.1) is 0 Å². The summed E-state index contributed by atoms with van der Waals surface area (Å²) in [6.45, 7) is 3.88. The Bertz CT molecular complexity index is 490. The van der Waals surface area contributed by atoms with Gasteiger partial charge in [0.2, 0.25) is 0 Å². The lowest BCUT2D eigenvalue weighted by Crippen LogP contribution is -1.76. The van der Waals surface area contributed by atoms with E-state index in [2.05, 4.69) is 11.6 Å². The van der Waals surface area contributed by atoms with Gasteiger partial charge in [-0.15, -0.1) is 22.9 Å². The Morgan fingerprint density at radius 2 is 2.29 bits per heavy atom. The van der Waals surface area contributed by atoms with E-state index in [0.717, 1.165) is 20.7 Å². The third kappa shape index (κ3) is 1.78. The standard InChI is InChI=1S/C10H7Cl2NS/c1-6(5-11)9-4-7-8(14-9)2-3-10(12)13-7/h2-4H,1,5H2. The third-order valence-corrected chi connectivity index (χ3v) is 3.57. The summed E-state index contributed by atoms with van der Waals surface area (Å²) in [5.41, 5.74) is 1.83. The zero-order valence-electron chi connectivity index (χ0n) is 7.26. The van der Waals surface area contributed by atoms with E-state index in [-0.39, 0.29) is 0 Å². The average molecular weight is 244 g/mol. The van der Waals surface area contributed by atoms with Crippen LogP contribution >= 0.6 is 34.5 Å². The molecule has 0 aromatic carbocycles. The van der Waals surface area contributed by atoms with Gasteiger partial charge in [0.15, 0.2) is 0 Å². The van der Waals surface area contributed by atoms with Gasteiger partial charge in [-0.2, -0.15) is 0 Å². The van der Waals surface area contributed by atoms with Gasteiger partial charge in [-0.05, 0) is 23.8 Å². The molecule has 0 fully saturated rings. The molecule has 4 heteroatoms. The molecule has 0 saturated heterocycles. The van der Waals surface area contributed by atoms with Gasteiger partial charge in [0.05, 0.1) is 10.2 Å². The highest BCUT2D eigenvalue weighted by molar-refractivity contribution is 7.20. The minimum absolute atomic E-state index is 0.445. The van der Waals surface area contributed by atoms with Crippen molar-refractivity contribution in [3.8, 4) is 0 Å². The Morgan fingerprint density at radius 3 is 3.00 bits per heavy atom. The van der Waals surface area contributed by atoms with Crippen LogP contribution in [0.15, 0.2) is 24.8 Å². The highest BCUT2D eigenvalue weighted by Crippen LogP contribution is 2.29. The molecular formula is C10H7Cl2NS. The molecule has 2 rings (SSSR count). The molecule has 0 spiro atoms. The van der Waals surface area contributed by atoms with E-state index in [1.165, 1.54) is 0 Å². The molecule has 0 amide bonds. The number of pyridine rings is 1. The van der Waals surface area contributed by atoms with E-state index in [1.54, 1.807) is 17.4 Å². The maximum Gasteiger partial charge on any atom is 0.129 e. The van der Waals surface area contributed by atoms with Gasteiger partial charge in [0.25, 0.3) is 0 Å². The molecule has 2 heterocycles. The normalized spacial score (nSPS) is 10.7. The number of halogens is 2. The number of allylic oxidation sites excluding steroid dienone is 1. The first-order chi connectivity index (χ1) is 6.70. The smallest absolute Gasteiger partial charge is 0.129 e. The number of hydrogen-bond donors (Lipinski definition) is 0. The van der Waals surface area contributed by atoms with Crippen LogP contribution in [0.1, 0.15) is 4.88 Å². The van der Waals surface area contributed by atoms with E-state index in [9.17, 15) is 0 Å². The maximum absolute atomic E-state index is 5.79. The molecule has 0 radical (unpaired) electrons. The number of thiophene rings is 1. The van der Waals surface area contributed by atoms with Crippen molar-refractivity contribution < 1.29 is 0 Å². The molecule has 2 aromatic heterocycles. The summed E-state index contributed by atoms with van der Waals surface area (Å²) in [6.07, 6.45) is 0. The zero-order chi connectivity index (χ0) is 10.1. The third-order valence-electron chi connectivity index (χ3n) is 1.85. The summed E-state index contributed by atoms with van der Waals surface area (Å²) < 4.78 is 1.11. The van der Waals surface area contributed by atoms with Crippen LogP contribution in [-0.4, -0.2) is 10.9 Å². The summed E-state index contributed by atoms with van der Waals surface area (Å²) >= 11 is 13.1. The number of alkyl halides is 1. The van der Waals surface area contributed by atoms with Crippen LogP contribution in [-0.2, 0) is 0 Å². The molecule has 0 unspecified atom stereocenters. The van der Waals surface area contributed by atoms with Gasteiger partial charge in [-0.1, -0.05) is 18.2 Å². The van der Waals surface area contributed by atoms with Crippen molar-refractivity contribution >= 4 is 50.3 Å². The Kier molecular flexibility index (Phi) is 2.77. The van der Waals surface area contributed by atoms with Gasteiger partial charge in [0, 0.05) is 10.8 Å². The molecule has 0 bridgehead atoms. The fourth-order valence-electron chi connectivity index (χ4n) is 1.14. The largest absolute Gasteiger partial charge is 0.235 e. The molecule has 14 heavy (non-hydrogen) atoms. The van der Waals surface area contributed by atoms with Crippen LogP contribution in [0.3, 0.4) is 0 Å². The molecule has 0 aliphatic heterocycles. The maximum atomic E-state index is 5.79. The number of nitrogens with zero attached hydrogens (tertiary/aromatic N) is 1. The van der Waals surface area contributed by atoms with Crippen LogP contribution in [0.5, 0.6) is 0 Å². The number of hydrogen-bond acceptors (Lipinski definition) is 2. The second-order valence-electron chi connectivity index (χ2n) is 2.87. The summed E-state index contributed by atoms with van der Waals surface area (Å²) in [5.74, 6) is 0.445. The average Bonchev–Trinajstić information content (AvgIpc) is 2.59. The molecular weight excluding hydrogens is 237 g/mol. The Labute approximate surface area is 96.0 Å². The molecule has 0 saturated carbocycles. The predicted molar refractivity (Wildman–Crippen MR) is 64.4 cm³/mol. The van der Waals surface area contributed by atoms with E-state index >= 15 is 0 Å². The summed E-state index contributed by atoms with van der Waals surface area (Å²) in [6, 6.07) is 5.71.